The first-order chi connectivity index (χ1) is 8.74. The highest BCUT2D eigenvalue weighted by Crippen LogP contribution is 2.34. The molecule has 0 aliphatic rings. The highest BCUT2D eigenvalue weighted by molar-refractivity contribution is 14.1. The average molecular weight is 377 g/mol. The van der Waals surface area contributed by atoms with Crippen LogP contribution < -0.4 is 10.1 Å². The van der Waals surface area contributed by atoms with Gasteiger partial charge < -0.3 is 10.1 Å². The molecule has 0 fully saturated rings. The van der Waals surface area contributed by atoms with Crippen molar-refractivity contribution in [3.63, 3.8) is 0 Å². The molecule has 0 bridgehead atoms. The van der Waals surface area contributed by atoms with E-state index in [1.54, 1.807) is 6.20 Å². The van der Waals surface area contributed by atoms with Crippen molar-refractivity contribution in [2.24, 2.45) is 0 Å². The molecular formula is C13H14ClIN2O. The van der Waals surface area contributed by atoms with Crippen molar-refractivity contribution in [3.05, 3.63) is 33.0 Å². The van der Waals surface area contributed by atoms with Gasteiger partial charge in [-0.3, -0.25) is 4.98 Å². The molecule has 0 amide bonds. The van der Waals surface area contributed by atoms with Crippen LogP contribution in [0.4, 0.5) is 0 Å². The molecule has 0 unspecified atom stereocenters. The van der Waals surface area contributed by atoms with E-state index in [-0.39, 0.29) is 0 Å². The van der Waals surface area contributed by atoms with Crippen molar-refractivity contribution in [1.82, 2.24) is 10.3 Å². The number of benzene rings is 1. The Hall–Kier alpha value is -0.590. The molecule has 0 saturated heterocycles. The van der Waals surface area contributed by atoms with E-state index in [1.165, 1.54) is 0 Å². The first kappa shape index (κ1) is 13.8. The van der Waals surface area contributed by atoms with E-state index in [0.29, 0.717) is 11.6 Å². The molecule has 2 rings (SSSR count). The van der Waals surface area contributed by atoms with Gasteiger partial charge >= 0.3 is 0 Å². The van der Waals surface area contributed by atoms with Gasteiger partial charge in [-0.2, -0.15) is 0 Å². The summed E-state index contributed by atoms with van der Waals surface area (Å²) in [6.45, 7) is 1.61. The third-order valence-corrected chi connectivity index (χ3v) is 3.68. The number of rotatable bonds is 5. The second-order valence-corrected chi connectivity index (χ2v) is 5.44. The van der Waals surface area contributed by atoms with Crippen LogP contribution in [-0.4, -0.2) is 25.2 Å². The van der Waals surface area contributed by atoms with Crippen molar-refractivity contribution in [2.45, 2.75) is 6.42 Å². The van der Waals surface area contributed by atoms with Crippen molar-refractivity contribution >= 4 is 45.1 Å². The Bertz CT molecular complexity index is 548. The van der Waals surface area contributed by atoms with Crippen LogP contribution in [0.15, 0.2) is 24.4 Å². The first-order valence-electron chi connectivity index (χ1n) is 5.74. The summed E-state index contributed by atoms with van der Waals surface area (Å²) in [6, 6.07) is 5.76. The van der Waals surface area contributed by atoms with Gasteiger partial charge in [0.25, 0.3) is 0 Å². The first-order valence-corrected chi connectivity index (χ1v) is 7.20. The van der Waals surface area contributed by atoms with Gasteiger partial charge in [0.1, 0.15) is 5.52 Å². The van der Waals surface area contributed by atoms with Crippen LogP contribution in [-0.2, 0) is 0 Å². The molecule has 1 aromatic carbocycles. The fourth-order valence-corrected chi connectivity index (χ4v) is 2.88. The summed E-state index contributed by atoms with van der Waals surface area (Å²) in [5, 5.41) is 4.74. The maximum Gasteiger partial charge on any atom is 0.158 e. The Morgan fingerprint density at radius 1 is 1.50 bits per heavy atom. The Labute approximate surface area is 125 Å². The van der Waals surface area contributed by atoms with Gasteiger partial charge in [0, 0.05) is 11.6 Å². The third-order valence-electron chi connectivity index (χ3n) is 2.57. The summed E-state index contributed by atoms with van der Waals surface area (Å²) < 4.78 is 6.83. The predicted octanol–water partition coefficient (Wildman–Crippen LogP) is 3.48. The molecule has 0 saturated carbocycles. The maximum atomic E-state index is 6.21. The molecule has 0 atom stereocenters. The van der Waals surface area contributed by atoms with Gasteiger partial charge in [0.2, 0.25) is 0 Å². The van der Waals surface area contributed by atoms with Crippen LogP contribution in [0, 0.1) is 3.57 Å². The van der Waals surface area contributed by atoms with Crippen LogP contribution in [0.25, 0.3) is 10.9 Å². The smallest absolute Gasteiger partial charge is 0.158 e. The van der Waals surface area contributed by atoms with Crippen molar-refractivity contribution in [1.29, 1.82) is 0 Å². The average Bonchev–Trinajstić information content (AvgIpc) is 2.38. The summed E-state index contributed by atoms with van der Waals surface area (Å²) in [5.41, 5.74) is 0.832. The molecule has 0 aliphatic heterocycles. The molecule has 0 spiro atoms. The largest absolute Gasteiger partial charge is 0.490 e. The number of hydrogen-bond acceptors (Lipinski definition) is 3. The summed E-state index contributed by atoms with van der Waals surface area (Å²) in [5.74, 6) is 0.826. The number of ether oxygens (including phenoxy) is 1. The maximum absolute atomic E-state index is 6.21. The number of nitrogens with zero attached hydrogens (tertiary/aromatic N) is 1. The summed E-state index contributed by atoms with van der Waals surface area (Å²) in [7, 11) is 1.93. The fourth-order valence-electron chi connectivity index (χ4n) is 1.71. The second-order valence-electron chi connectivity index (χ2n) is 3.87. The van der Waals surface area contributed by atoms with Gasteiger partial charge in [-0.1, -0.05) is 11.6 Å². The standard InChI is InChI=1S/C13H14ClIN2O/c1-16-5-3-7-18-13-11(15)8-10(14)9-4-2-6-17-12(9)13/h2,4,6,8,16H,3,5,7H2,1H3. The minimum atomic E-state index is 0.671. The third kappa shape index (κ3) is 3.05. The van der Waals surface area contributed by atoms with E-state index in [2.05, 4.69) is 32.9 Å². The lowest BCUT2D eigenvalue weighted by Crippen LogP contribution is -2.12. The zero-order chi connectivity index (χ0) is 13.0. The zero-order valence-corrected chi connectivity index (χ0v) is 13.0. The molecule has 1 heterocycles. The van der Waals surface area contributed by atoms with Gasteiger partial charge in [-0.25, -0.2) is 0 Å². The molecule has 1 N–H and O–H groups in total. The van der Waals surface area contributed by atoms with Crippen LogP contribution in [0.5, 0.6) is 5.75 Å². The van der Waals surface area contributed by atoms with Gasteiger partial charge in [0.15, 0.2) is 5.75 Å². The Kier molecular flexibility index (Phi) is 5.03. The minimum Gasteiger partial charge on any atom is -0.490 e. The molecule has 18 heavy (non-hydrogen) atoms. The van der Waals surface area contributed by atoms with E-state index < -0.39 is 0 Å². The van der Waals surface area contributed by atoms with Crippen molar-refractivity contribution < 1.29 is 4.74 Å². The second kappa shape index (κ2) is 6.54. The quantitative estimate of drug-likeness (QED) is 0.641. The minimum absolute atomic E-state index is 0.671. The molecule has 3 nitrogen and oxygen atoms in total. The number of hydrogen-bond donors (Lipinski definition) is 1. The van der Waals surface area contributed by atoms with Crippen LogP contribution in [0.3, 0.4) is 0 Å². The number of nitrogens with one attached hydrogen (secondary N) is 1. The molecular weight excluding hydrogens is 363 g/mol. The van der Waals surface area contributed by atoms with E-state index in [4.69, 9.17) is 16.3 Å². The molecule has 0 radical (unpaired) electrons. The van der Waals surface area contributed by atoms with E-state index in [9.17, 15) is 0 Å². The Balaban J connectivity index is 2.31. The molecule has 5 heteroatoms. The monoisotopic (exact) mass is 376 g/mol. The van der Waals surface area contributed by atoms with Crippen LogP contribution in [0.2, 0.25) is 5.02 Å². The molecule has 2 aromatic rings. The number of fused-ring (bicyclic) bond motifs is 1. The normalized spacial score (nSPS) is 10.8. The van der Waals surface area contributed by atoms with Crippen molar-refractivity contribution in [3.8, 4) is 5.75 Å². The highest BCUT2D eigenvalue weighted by Gasteiger charge is 2.11. The van der Waals surface area contributed by atoms with Gasteiger partial charge in [-0.15, -0.1) is 0 Å². The van der Waals surface area contributed by atoms with E-state index in [0.717, 1.165) is 33.2 Å². The predicted molar refractivity (Wildman–Crippen MR) is 83.5 cm³/mol. The Morgan fingerprint density at radius 3 is 3.11 bits per heavy atom. The lowest BCUT2D eigenvalue weighted by Gasteiger charge is -2.11. The Morgan fingerprint density at radius 2 is 2.33 bits per heavy atom. The summed E-state index contributed by atoms with van der Waals surface area (Å²) >= 11 is 8.44. The number of pyridine rings is 1. The lowest BCUT2D eigenvalue weighted by atomic mass is 10.2. The SMILES string of the molecule is CNCCCOc1c(I)cc(Cl)c2cccnc12. The zero-order valence-electron chi connectivity index (χ0n) is 10.0. The molecule has 0 aliphatic carbocycles. The summed E-state index contributed by atoms with van der Waals surface area (Å²) in [4.78, 5) is 4.37. The van der Waals surface area contributed by atoms with E-state index in [1.807, 2.05) is 25.2 Å². The van der Waals surface area contributed by atoms with E-state index >= 15 is 0 Å². The number of aromatic nitrogens is 1. The number of halogens is 2. The fraction of sp³-hybridized carbons (Fsp3) is 0.308. The highest BCUT2D eigenvalue weighted by atomic mass is 127. The van der Waals surface area contributed by atoms with Gasteiger partial charge in [-0.05, 0) is 60.8 Å². The lowest BCUT2D eigenvalue weighted by molar-refractivity contribution is 0.311. The van der Waals surface area contributed by atoms with Crippen LogP contribution in [0.1, 0.15) is 6.42 Å². The summed E-state index contributed by atoms with van der Waals surface area (Å²) in [6.07, 6.45) is 2.72. The molecule has 96 valence electrons. The van der Waals surface area contributed by atoms with Crippen molar-refractivity contribution in [2.75, 3.05) is 20.2 Å². The molecule has 1 aromatic heterocycles. The van der Waals surface area contributed by atoms with Gasteiger partial charge in [0.05, 0.1) is 15.2 Å². The van der Waals surface area contributed by atoms with Crippen LogP contribution >= 0.6 is 34.2 Å². The topological polar surface area (TPSA) is 34.1 Å².